The summed E-state index contributed by atoms with van der Waals surface area (Å²) < 4.78 is 0. The molecule has 8 heteroatoms. The van der Waals surface area contributed by atoms with Gasteiger partial charge in [0, 0.05) is 11.3 Å². The number of carbonyl (C=O) groups excluding carboxylic acids is 2. The Bertz CT molecular complexity index is 542. The van der Waals surface area contributed by atoms with E-state index < -0.39 is 17.9 Å². The summed E-state index contributed by atoms with van der Waals surface area (Å²) in [5, 5.41) is 16.2. The summed E-state index contributed by atoms with van der Waals surface area (Å²) in [5.41, 5.74) is 0.502. The number of hydrogen-bond acceptors (Lipinski definition) is 5. The molecule has 0 fully saturated rings. The molecule has 2 amide bonds. The molecule has 0 aliphatic heterocycles. The van der Waals surface area contributed by atoms with Crippen molar-refractivity contribution in [3.63, 3.8) is 0 Å². The van der Waals surface area contributed by atoms with Gasteiger partial charge in [0.15, 0.2) is 5.13 Å². The van der Waals surface area contributed by atoms with Crippen LogP contribution in [0.5, 0.6) is 0 Å². The van der Waals surface area contributed by atoms with Gasteiger partial charge in [-0.15, -0.1) is 11.3 Å². The van der Waals surface area contributed by atoms with Crippen molar-refractivity contribution in [2.75, 3.05) is 5.32 Å². The fourth-order valence-electron chi connectivity index (χ4n) is 1.65. The monoisotopic (exact) mass is 327 g/mol. The van der Waals surface area contributed by atoms with Gasteiger partial charge in [0.25, 0.3) is 0 Å². The molecule has 0 saturated heterocycles. The maximum absolute atomic E-state index is 11.8. The lowest BCUT2D eigenvalue weighted by molar-refractivity contribution is -0.141. The molecule has 0 aromatic carbocycles. The number of nitrogens with zero attached hydrogens (tertiary/aromatic N) is 1. The zero-order valence-corrected chi connectivity index (χ0v) is 13.7. The minimum absolute atomic E-state index is 0.0124. The summed E-state index contributed by atoms with van der Waals surface area (Å²) in [7, 11) is 0. The highest BCUT2D eigenvalue weighted by molar-refractivity contribution is 7.13. The van der Waals surface area contributed by atoms with Gasteiger partial charge in [-0.1, -0.05) is 27.2 Å². The van der Waals surface area contributed by atoms with Crippen LogP contribution in [-0.4, -0.2) is 33.9 Å². The molecule has 1 aromatic rings. The number of carbonyl (C=O) groups is 3. The van der Waals surface area contributed by atoms with Crippen molar-refractivity contribution in [2.45, 2.75) is 46.1 Å². The first-order valence-corrected chi connectivity index (χ1v) is 7.98. The zero-order chi connectivity index (χ0) is 16.7. The van der Waals surface area contributed by atoms with Crippen LogP contribution >= 0.6 is 11.3 Å². The number of carboxylic acid groups (broad SMARTS) is 1. The lowest BCUT2D eigenvalue weighted by Crippen LogP contribution is -2.41. The molecule has 1 heterocycles. The number of hydrogen-bond donors (Lipinski definition) is 3. The first-order valence-electron chi connectivity index (χ1n) is 7.10. The normalized spacial score (nSPS) is 12.0. The van der Waals surface area contributed by atoms with E-state index in [1.165, 1.54) is 11.3 Å². The van der Waals surface area contributed by atoms with Crippen molar-refractivity contribution in [1.82, 2.24) is 10.3 Å². The van der Waals surface area contributed by atoms with E-state index in [-0.39, 0.29) is 18.2 Å². The summed E-state index contributed by atoms with van der Waals surface area (Å²) in [6, 6.07) is -0.878. The van der Waals surface area contributed by atoms with Gasteiger partial charge in [-0.2, -0.15) is 0 Å². The molecular weight excluding hydrogens is 306 g/mol. The molecule has 3 N–H and O–H groups in total. The molecule has 1 atom stereocenters. The molecule has 22 heavy (non-hydrogen) atoms. The Morgan fingerprint density at radius 3 is 2.59 bits per heavy atom. The Morgan fingerprint density at radius 1 is 1.36 bits per heavy atom. The Morgan fingerprint density at radius 2 is 2.05 bits per heavy atom. The Balaban J connectivity index is 2.56. The van der Waals surface area contributed by atoms with E-state index in [0.717, 1.165) is 0 Å². The average Bonchev–Trinajstić information content (AvgIpc) is 2.85. The third-order valence-electron chi connectivity index (χ3n) is 2.86. The summed E-state index contributed by atoms with van der Waals surface area (Å²) in [4.78, 5) is 38.5. The van der Waals surface area contributed by atoms with Crippen molar-refractivity contribution in [3.05, 3.63) is 11.1 Å². The summed E-state index contributed by atoms with van der Waals surface area (Å²) in [6.07, 6.45) is 1.04. The highest BCUT2D eigenvalue weighted by atomic mass is 32.1. The van der Waals surface area contributed by atoms with Gasteiger partial charge >= 0.3 is 5.97 Å². The van der Waals surface area contributed by atoms with E-state index in [2.05, 4.69) is 15.6 Å². The number of thiazole rings is 1. The minimum atomic E-state index is -1.04. The molecule has 0 bridgehead atoms. The second kappa shape index (κ2) is 8.47. The lowest BCUT2D eigenvalue weighted by atomic mass is 10.1. The zero-order valence-electron chi connectivity index (χ0n) is 12.9. The summed E-state index contributed by atoms with van der Waals surface area (Å²) in [5.74, 6) is -1.73. The third kappa shape index (κ3) is 5.80. The van der Waals surface area contributed by atoms with Gasteiger partial charge in [0.05, 0.1) is 12.1 Å². The molecule has 1 rings (SSSR count). The predicted molar refractivity (Wildman–Crippen MR) is 83.8 cm³/mol. The number of aliphatic carboxylic acids is 1. The van der Waals surface area contributed by atoms with Crippen LogP contribution in [0.25, 0.3) is 0 Å². The van der Waals surface area contributed by atoms with E-state index in [9.17, 15) is 14.4 Å². The van der Waals surface area contributed by atoms with E-state index in [4.69, 9.17) is 5.11 Å². The third-order valence-corrected chi connectivity index (χ3v) is 3.67. The van der Waals surface area contributed by atoms with Crippen LogP contribution in [0.3, 0.4) is 0 Å². The van der Waals surface area contributed by atoms with E-state index in [1.54, 1.807) is 19.2 Å². The number of carboxylic acids is 1. The summed E-state index contributed by atoms with van der Waals surface area (Å²) >= 11 is 1.23. The number of amides is 2. The van der Waals surface area contributed by atoms with Crippen molar-refractivity contribution in [3.8, 4) is 0 Å². The highest BCUT2D eigenvalue weighted by Gasteiger charge is 2.19. The van der Waals surface area contributed by atoms with Gasteiger partial charge < -0.3 is 15.7 Å². The lowest BCUT2D eigenvalue weighted by Gasteiger charge is -2.12. The van der Waals surface area contributed by atoms with E-state index >= 15 is 0 Å². The van der Waals surface area contributed by atoms with Crippen LogP contribution in [0.15, 0.2) is 5.38 Å². The topological polar surface area (TPSA) is 108 Å². The molecular formula is C14H21N3O4S. The van der Waals surface area contributed by atoms with E-state index in [0.29, 0.717) is 23.7 Å². The van der Waals surface area contributed by atoms with Gasteiger partial charge in [0.2, 0.25) is 11.8 Å². The van der Waals surface area contributed by atoms with Crippen molar-refractivity contribution >= 4 is 34.3 Å². The molecule has 0 radical (unpaired) electrons. The Hall–Kier alpha value is -1.96. The molecule has 1 aromatic heterocycles. The Labute approximate surface area is 133 Å². The van der Waals surface area contributed by atoms with Crippen molar-refractivity contribution < 1.29 is 19.5 Å². The van der Waals surface area contributed by atoms with Gasteiger partial charge in [-0.05, 0) is 6.42 Å². The number of anilines is 1. The number of aromatic nitrogens is 1. The van der Waals surface area contributed by atoms with Crippen LogP contribution in [0.1, 0.15) is 39.3 Å². The molecule has 0 aliphatic rings. The van der Waals surface area contributed by atoms with Crippen LogP contribution in [-0.2, 0) is 20.8 Å². The number of nitrogens with one attached hydrogen (secondary N) is 2. The smallest absolute Gasteiger partial charge is 0.326 e. The Kier molecular flexibility index (Phi) is 6.97. The molecule has 1 unspecified atom stereocenters. The van der Waals surface area contributed by atoms with Crippen LogP contribution in [0.2, 0.25) is 0 Å². The molecule has 122 valence electrons. The second-order valence-electron chi connectivity index (χ2n) is 5.21. The quantitative estimate of drug-likeness (QED) is 0.673. The number of rotatable bonds is 8. The fourth-order valence-corrected chi connectivity index (χ4v) is 2.36. The molecule has 0 aliphatic carbocycles. The maximum Gasteiger partial charge on any atom is 0.326 e. The van der Waals surface area contributed by atoms with Crippen molar-refractivity contribution in [1.29, 1.82) is 0 Å². The van der Waals surface area contributed by atoms with Crippen LogP contribution in [0, 0.1) is 5.92 Å². The molecule has 0 saturated carbocycles. The fraction of sp³-hybridized carbons (Fsp3) is 0.571. The summed E-state index contributed by atoms with van der Waals surface area (Å²) in [6.45, 7) is 5.40. The maximum atomic E-state index is 11.8. The van der Waals surface area contributed by atoms with Crippen LogP contribution < -0.4 is 10.6 Å². The standard InChI is InChI=1S/C14H21N3O4S/c1-4-5-10(13(20)21)16-11(18)6-9-7-22-14(15-9)17-12(19)8(2)3/h7-8,10H,4-6H2,1-3H3,(H,16,18)(H,20,21)(H,15,17,19). The van der Waals surface area contributed by atoms with Gasteiger partial charge in [0.1, 0.15) is 6.04 Å². The largest absolute Gasteiger partial charge is 0.480 e. The van der Waals surface area contributed by atoms with Gasteiger partial charge in [-0.3, -0.25) is 9.59 Å². The molecule has 0 spiro atoms. The van der Waals surface area contributed by atoms with E-state index in [1.807, 2.05) is 6.92 Å². The SMILES string of the molecule is CCCC(NC(=O)Cc1csc(NC(=O)C(C)C)n1)C(=O)O. The van der Waals surface area contributed by atoms with Crippen LogP contribution in [0.4, 0.5) is 5.13 Å². The first-order chi connectivity index (χ1) is 10.3. The predicted octanol–water partition coefficient (Wildman–Crippen LogP) is 1.65. The van der Waals surface area contributed by atoms with Gasteiger partial charge in [-0.25, -0.2) is 9.78 Å². The second-order valence-corrected chi connectivity index (χ2v) is 6.07. The molecule has 7 nitrogen and oxygen atoms in total. The minimum Gasteiger partial charge on any atom is -0.480 e. The first kappa shape index (κ1) is 18.1. The highest BCUT2D eigenvalue weighted by Crippen LogP contribution is 2.16. The average molecular weight is 327 g/mol. The van der Waals surface area contributed by atoms with Crippen molar-refractivity contribution in [2.24, 2.45) is 5.92 Å².